The van der Waals surface area contributed by atoms with Gasteiger partial charge >= 0.3 is 0 Å². The minimum absolute atomic E-state index is 0.433. The molecular weight excluding hydrogens is 355 g/mol. The molecule has 4 nitrogen and oxygen atoms in total. The Bertz CT molecular complexity index is 1030. The molecule has 0 aliphatic carbocycles. The van der Waals surface area contributed by atoms with Crippen LogP contribution in [0.15, 0.2) is 48.5 Å². The number of halogens is 3. The molecule has 3 rings (SSSR count). The van der Waals surface area contributed by atoms with Gasteiger partial charge in [0.1, 0.15) is 0 Å². The summed E-state index contributed by atoms with van der Waals surface area (Å²) in [4.78, 5) is 12.0. The molecule has 0 aliphatic heterocycles. The zero-order valence-corrected chi connectivity index (χ0v) is 14.6. The van der Waals surface area contributed by atoms with E-state index in [-0.39, 0.29) is 0 Å². The van der Waals surface area contributed by atoms with Crippen LogP contribution in [0.25, 0.3) is 11.8 Å². The van der Waals surface area contributed by atoms with Crippen LogP contribution >= 0.6 is 0 Å². The Labute approximate surface area is 153 Å². The lowest BCUT2D eigenvalue weighted by Crippen LogP contribution is -2.10. The molecule has 0 saturated carbocycles. The quantitative estimate of drug-likeness (QED) is 0.540. The molecule has 0 unspecified atom stereocenters. The van der Waals surface area contributed by atoms with Crippen molar-refractivity contribution in [2.45, 2.75) is 13.8 Å². The van der Waals surface area contributed by atoms with Gasteiger partial charge in [-0.3, -0.25) is 4.79 Å². The summed E-state index contributed by atoms with van der Waals surface area (Å²) in [6.45, 7) is 3.67. The molecule has 1 aromatic heterocycles. The monoisotopic (exact) mass is 371 g/mol. The second-order valence-electron chi connectivity index (χ2n) is 5.88. The number of rotatable bonds is 4. The van der Waals surface area contributed by atoms with Crippen molar-refractivity contribution in [1.29, 1.82) is 0 Å². The standard InChI is InChI=1S/C20H16F3N3O/c1-12-15(13(2)26(25-12)14-6-4-3-5-7-14)8-11-18(27)24-17-10-9-16(21)19(22)20(17)23/h3-11H,1-2H3,(H,24,27)/b11-8+. The number of carbonyl (C=O) groups is 1. The zero-order chi connectivity index (χ0) is 19.6. The van der Waals surface area contributed by atoms with Gasteiger partial charge in [0.05, 0.1) is 17.1 Å². The third-order valence-electron chi connectivity index (χ3n) is 4.04. The van der Waals surface area contributed by atoms with E-state index in [0.717, 1.165) is 29.1 Å². The Morgan fingerprint density at radius 3 is 2.44 bits per heavy atom. The molecule has 2 aromatic carbocycles. The maximum Gasteiger partial charge on any atom is 0.248 e. The van der Waals surface area contributed by atoms with Gasteiger partial charge < -0.3 is 5.32 Å². The van der Waals surface area contributed by atoms with Gasteiger partial charge in [-0.15, -0.1) is 0 Å². The van der Waals surface area contributed by atoms with Gasteiger partial charge in [-0.1, -0.05) is 18.2 Å². The summed E-state index contributed by atoms with van der Waals surface area (Å²) in [5.41, 5.74) is 2.71. The zero-order valence-electron chi connectivity index (χ0n) is 14.6. The molecule has 0 bridgehead atoms. The Balaban J connectivity index is 1.81. The van der Waals surface area contributed by atoms with Crippen LogP contribution in [0.1, 0.15) is 17.0 Å². The average Bonchev–Trinajstić information content (AvgIpc) is 2.95. The number of nitrogens with zero attached hydrogens (tertiary/aromatic N) is 2. The van der Waals surface area contributed by atoms with Crippen molar-refractivity contribution < 1.29 is 18.0 Å². The highest BCUT2D eigenvalue weighted by Gasteiger charge is 2.15. The van der Waals surface area contributed by atoms with Crippen molar-refractivity contribution in [2.75, 3.05) is 5.32 Å². The number of amides is 1. The highest BCUT2D eigenvalue weighted by atomic mass is 19.2. The van der Waals surface area contributed by atoms with Gasteiger partial charge in [0.25, 0.3) is 0 Å². The molecule has 27 heavy (non-hydrogen) atoms. The average molecular weight is 371 g/mol. The highest BCUT2D eigenvalue weighted by Crippen LogP contribution is 2.21. The molecule has 1 heterocycles. The van der Waals surface area contributed by atoms with E-state index in [1.807, 2.05) is 37.3 Å². The van der Waals surface area contributed by atoms with E-state index in [1.165, 1.54) is 6.08 Å². The van der Waals surface area contributed by atoms with Crippen molar-refractivity contribution in [3.8, 4) is 5.69 Å². The second-order valence-corrected chi connectivity index (χ2v) is 5.88. The number of nitrogens with one attached hydrogen (secondary N) is 1. The van der Waals surface area contributed by atoms with E-state index >= 15 is 0 Å². The number of aryl methyl sites for hydroxylation is 1. The summed E-state index contributed by atoms with van der Waals surface area (Å²) in [6, 6.07) is 11.2. The molecule has 0 aliphatic rings. The summed E-state index contributed by atoms with van der Waals surface area (Å²) in [5, 5.41) is 6.65. The van der Waals surface area contributed by atoms with Crippen molar-refractivity contribution in [1.82, 2.24) is 9.78 Å². The molecule has 7 heteroatoms. The van der Waals surface area contributed by atoms with Gasteiger partial charge in [0, 0.05) is 17.3 Å². The minimum Gasteiger partial charge on any atom is -0.320 e. The molecule has 138 valence electrons. The number of carbonyl (C=O) groups excluding carboxylic acids is 1. The third-order valence-corrected chi connectivity index (χ3v) is 4.04. The Hall–Kier alpha value is -3.35. The van der Waals surface area contributed by atoms with Crippen molar-refractivity contribution in [3.63, 3.8) is 0 Å². The largest absolute Gasteiger partial charge is 0.320 e. The first-order valence-electron chi connectivity index (χ1n) is 8.12. The van der Waals surface area contributed by atoms with Gasteiger partial charge in [0.2, 0.25) is 5.91 Å². The highest BCUT2D eigenvalue weighted by molar-refractivity contribution is 6.02. The van der Waals surface area contributed by atoms with E-state index in [4.69, 9.17) is 0 Å². The van der Waals surface area contributed by atoms with E-state index in [2.05, 4.69) is 10.4 Å². The van der Waals surface area contributed by atoms with Crippen LogP contribution in [-0.4, -0.2) is 15.7 Å². The van der Waals surface area contributed by atoms with Crippen LogP contribution in [-0.2, 0) is 4.79 Å². The first-order chi connectivity index (χ1) is 12.9. The lowest BCUT2D eigenvalue weighted by molar-refractivity contribution is -0.111. The van der Waals surface area contributed by atoms with E-state index in [9.17, 15) is 18.0 Å². The fourth-order valence-corrected chi connectivity index (χ4v) is 2.67. The van der Waals surface area contributed by atoms with E-state index < -0.39 is 29.0 Å². The van der Waals surface area contributed by atoms with Crippen LogP contribution in [0.4, 0.5) is 18.9 Å². The van der Waals surface area contributed by atoms with Crippen LogP contribution in [0.2, 0.25) is 0 Å². The summed E-state index contributed by atoms with van der Waals surface area (Å²) in [5.74, 6) is -5.07. The molecule has 1 amide bonds. The second kappa shape index (κ2) is 7.49. The number of hydrogen-bond acceptors (Lipinski definition) is 2. The molecule has 0 saturated heterocycles. The Kier molecular flexibility index (Phi) is 5.12. The van der Waals surface area contributed by atoms with Gasteiger partial charge in [-0.05, 0) is 44.2 Å². The summed E-state index contributed by atoms with van der Waals surface area (Å²) in [6.07, 6.45) is 2.73. The number of hydrogen-bond donors (Lipinski definition) is 1. The number of anilines is 1. The summed E-state index contributed by atoms with van der Waals surface area (Å²) >= 11 is 0. The number of aromatic nitrogens is 2. The lowest BCUT2D eigenvalue weighted by Gasteiger charge is -2.05. The first kappa shape index (κ1) is 18.4. The molecule has 0 fully saturated rings. The summed E-state index contributed by atoms with van der Waals surface area (Å²) in [7, 11) is 0. The third kappa shape index (κ3) is 3.76. The fourth-order valence-electron chi connectivity index (χ4n) is 2.67. The van der Waals surface area contributed by atoms with Crippen LogP contribution in [0.3, 0.4) is 0 Å². The van der Waals surface area contributed by atoms with Gasteiger partial charge in [0.15, 0.2) is 17.5 Å². The maximum atomic E-state index is 13.6. The van der Waals surface area contributed by atoms with Gasteiger partial charge in [-0.25, -0.2) is 17.9 Å². The van der Waals surface area contributed by atoms with E-state index in [1.54, 1.807) is 17.7 Å². The molecule has 1 N–H and O–H groups in total. The molecule has 0 spiro atoms. The molecule has 0 atom stereocenters. The SMILES string of the molecule is Cc1nn(-c2ccccc2)c(C)c1/C=C/C(=O)Nc1ccc(F)c(F)c1F. The predicted octanol–water partition coefficient (Wildman–Crippen LogP) is 4.56. The van der Waals surface area contributed by atoms with E-state index in [0.29, 0.717) is 5.69 Å². The fraction of sp³-hybridized carbons (Fsp3) is 0.100. The lowest BCUT2D eigenvalue weighted by atomic mass is 10.2. The maximum absolute atomic E-state index is 13.6. The first-order valence-corrected chi connectivity index (χ1v) is 8.12. The van der Waals surface area contributed by atoms with Crippen LogP contribution in [0, 0.1) is 31.3 Å². The van der Waals surface area contributed by atoms with Crippen LogP contribution in [0.5, 0.6) is 0 Å². The molecule has 0 radical (unpaired) electrons. The topological polar surface area (TPSA) is 46.9 Å². The number of para-hydroxylation sites is 1. The Morgan fingerprint density at radius 2 is 1.74 bits per heavy atom. The van der Waals surface area contributed by atoms with Gasteiger partial charge in [-0.2, -0.15) is 5.10 Å². The normalized spacial score (nSPS) is 11.1. The summed E-state index contributed by atoms with van der Waals surface area (Å²) < 4.78 is 41.6. The minimum atomic E-state index is -1.63. The van der Waals surface area contributed by atoms with Crippen molar-refractivity contribution >= 4 is 17.7 Å². The number of benzene rings is 2. The molecule has 3 aromatic rings. The van der Waals surface area contributed by atoms with Crippen molar-refractivity contribution in [3.05, 3.63) is 82.9 Å². The Morgan fingerprint density at radius 1 is 1.04 bits per heavy atom. The predicted molar refractivity (Wildman–Crippen MR) is 97.0 cm³/mol. The smallest absolute Gasteiger partial charge is 0.248 e. The van der Waals surface area contributed by atoms with Crippen molar-refractivity contribution in [2.24, 2.45) is 0 Å². The van der Waals surface area contributed by atoms with Crippen LogP contribution < -0.4 is 5.32 Å². The molecular formula is C20H16F3N3O.